The normalized spacial score (nSPS) is 17.8. The standard InChI is InChI=1S/C41H60O5S/c1-32(2)15-9-16-33(3)17-10-18-34(4)19-11-20-35(5)21-12-22-36(6)23-13-24-37(7)25-14-29-41(8)30-28-38-31-39(46-47(42,43)44)26-27-40(38)45-41/h15,17,19,21,23,25-28,30-31H,9-14,16,18,20,22,24,29H2,1-8H3,(H,42,43,44)/b33-17+,34-19+,35-21+,36-23+,37-25+. The zero-order chi connectivity index (χ0) is 34.9. The zero-order valence-corrected chi connectivity index (χ0v) is 31.1. The lowest BCUT2D eigenvalue weighted by Gasteiger charge is -2.31. The van der Waals surface area contributed by atoms with E-state index in [9.17, 15) is 8.42 Å². The molecule has 260 valence electrons. The van der Waals surface area contributed by atoms with Crippen molar-refractivity contribution in [1.82, 2.24) is 0 Å². The molecule has 1 aliphatic rings. The molecule has 0 bridgehead atoms. The van der Waals surface area contributed by atoms with E-state index in [1.807, 2.05) is 19.1 Å². The van der Waals surface area contributed by atoms with Gasteiger partial charge < -0.3 is 8.92 Å². The second-order valence-electron chi connectivity index (χ2n) is 13.7. The molecule has 1 aromatic rings. The minimum absolute atomic E-state index is 0.0437. The highest BCUT2D eigenvalue weighted by Gasteiger charge is 2.27. The van der Waals surface area contributed by atoms with Gasteiger partial charge in [0.1, 0.15) is 17.1 Å². The van der Waals surface area contributed by atoms with Crippen LogP contribution in [-0.4, -0.2) is 18.6 Å². The molecule has 1 heterocycles. The largest absolute Gasteiger partial charge is 0.483 e. The monoisotopic (exact) mass is 664 g/mol. The fourth-order valence-electron chi connectivity index (χ4n) is 5.50. The molecular weight excluding hydrogens is 605 g/mol. The van der Waals surface area contributed by atoms with Gasteiger partial charge in [-0.2, -0.15) is 8.42 Å². The maximum absolute atomic E-state index is 11.0. The Morgan fingerprint density at radius 2 is 1.13 bits per heavy atom. The zero-order valence-electron chi connectivity index (χ0n) is 30.3. The van der Waals surface area contributed by atoms with Gasteiger partial charge in [-0.1, -0.05) is 76.0 Å². The molecular formula is C41H60O5S. The van der Waals surface area contributed by atoms with Crippen molar-refractivity contribution in [2.24, 2.45) is 0 Å². The van der Waals surface area contributed by atoms with Crippen LogP contribution in [0, 0.1) is 0 Å². The minimum atomic E-state index is -4.56. The smallest absolute Gasteiger partial charge is 0.446 e. The van der Waals surface area contributed by atoms with E-state index in [-0.39, 0.29) is 5.75 Å². The summed E-state index contributed by atoms with van der Waals surface area (Å²) in [5.41, 5.74) is 9.00. The van der Waals surface area contributed by atoms with Gasteiger partial charge in [0, 0.05) is 5.56 Å². The molecule has 5 nitrogen and oxygen atoms in total. The van der Waals surface area contributed by atoms with E-state index >= 15 is 0 Å². The second-order valence-corrected chi connectivity index (χ2v) is 14.7. The highest BCUT2D eigenvalue weighted by Crippen LogP contribution is 2.36. The van der Waals surface area contributed by atoms with Gasteiger partial charge in [-0.25, -0.2) is 0 Å². The lowest BCUT2D eigenvalue weighted by Crippen LogP contribution is -2.31. The molecule has 47 heavy (non-hydrogen) atoms. The number of fused-ring (bicyclic) bond motifs is 1. The summed E-state index contributed by atoms with van der Waals surface area (Å²) in [5, 5.41) is 0. The number of hydrogen-bond acceptors (Lipinski definition) is 4. The predicted molar refractivity (Wildman–Crippen MR) is 200 cm³/mol. The first-order valence-corrected chi connectivity index (χ1v) is 18.6. The third-order valence-corrected chi connectivity index (χ3v) is 8.90. The van der Waals surface area contributed by atoms with Crippen LogP contribution in [0.3, 0.4) is 0 Å². The Kier molecular flexibility index (Phi) is 17.3. The summed E-state index contributed by atoms with van der Waals surface area (Å²) in [6, 6.07) is 4.67. The molecule has 0 aromatic heterocycles. The second kappa shape index (κ2) is 20.3. The fourth-order valence-corrected chi connectivity index (χ4v) is 5.84. The molecule has 0 saturated carbocycles. The maximum atomic E-state index is 11.0. The molecule has 1 unspecified atom stereocenters. The Morgan fingerprint density at radius 1 is 0.702 bits per heavy atom. The van der Waals surface area contributed by atoms with Crippen molar-refractivity contribution in [2.75, 3.05) is 0 Å². The Hall–Kier alpha value is -3.09. The molecule has 0 spiro atoms. The SMILES string of the molecule is CC(C)=CCC/C(C)=C/CC/C(C)=C/CC/C(C)=C/CC/C(C)=C/CC/C(C)=C/CCC1(C)C=Cc2cc(OS(=O)(=O)O)ccc2O1. The first-order valence-electron chi connectivity index (χ1n) is 17.2. The highest BCUT2D eigenvalue weighted by atomic mass is 32.3. The third-order valence-electron chi connectivity index (χ3n) is 8.49. The van der Waals surface area contributed by atoms with Gasteiger partial charge >= 0.3 is 10.4 Å². The van der Waals surface area contributed by atoms with Gasteiger partial charge in [0.15, 0.2) is 0 Å². The molecule has 0 aliphatic carbocycles. The number of allylic oxidation sites excluding steroid dienone is 12. The molecule has 1 N–H and O–H groups in total. The van der Waals surface area contributed by atoms with E-state index < -0.39 is 16.0 Å². The van der Waals surface area contributed by atoms with Gasteiger partial charge in [0.2, 0.25) is 0 Å². The Labute approximate surface area is 286 Å². The van der Waals surface area contributed by atoms with Crippen LogP contribution in [0.1, 0.15) is 138 Å². The van der Waals surface area contributed by atoms with Gasteiger partial charge in [0.05, 0.1) is 0 Å². The van der Waals surface area contributed by atoms with Crippen LogP contribution in [0.15, 0.2) is 94.2 Å². The van der Waals surface area contributed by atoms with Crippen LogP contribution in [0.4, 0.5) is 0 Å². The summed E-state index contributed by atoms with van der Waals surface area (Å²) in [4.78, 5) is 0. The van der Waals surface area contributed by atoms with Crippen molar-refractivity contribution in [3.05, 3.63) is 99.7 Å². The van der Waals surface area contributed by atoms with Crippen LogP contribution in [-0.2, 0) is 10.4 Å². The molecule has 2 rings (SSSR count). The quantitative estimate of drug-likeness (QED) is 0.111. The Balaban J connectivity index is 1.65. The molecule has 0 saturated heterocycles. The predicted octanol–water partition coefficient (Wildman–Crippen LogP) is 12.4. The van der Waals surface area contributed by atoms with Crippen LogP contribution in [0.25, 0.3) is 6.08 Å². The summed E-state index contributed by atoms with van der Waals surface area (Å²) < 4.78 is 41.6. The van der Waals surface area contributed by atoms with Crippen molar-refractivity contribution in [3.63, 3.8) is 0 Å². The number of rotatable bonds is 20. The van der Waals surface area contributed by atoms with Crippen LogP contribution in [0.5, 0.6) is 11.5 Å². The molecule has 1 aliphatic heterocycles. The average molecular weight is 665 g/mol. The van der Waals surface area contributed by atoms with Crippen LogP contribution < -0.4 is 8.92 Å². The average Bonchev–Trinajstić information content (AvgIpc) is 2.96. The Bertz CT molecular complexity index is 1480. The van der Waals surface area contributed by atoms with Crippen LogP contribution in [0.2, 0.25) is 0 Å². The summed E-state index contributed by atoms with van der Waals surface area (Å²) in [6.07, 6.45) is 31.1. The summed E-state index contributed by atoms with van der Waals surface area (Å²) in [6.45, 7) is 17.6. The van der Waals surface area contributed by atoms with E-state index in [1.54, 1.807) is 6.07 Å². The van der Waals surface area contributed by atoms with Crippen LogP contribution >= 0.6 is 0 Å². The fraction of sp³-hybridized carbons (Fsp3) is 0.512. The summed E-state index contributed by atoms with van der Waals surface area (Å²) in [7, 11) is -4.56. The first-order chi connectivity index (χ1) is 22.1. The first kappa shape index (κ1) is 40.1. The van der Waals surface area contributed by atoms with E-state index in [1.165, 1.54) is 52.0 Å². The van der Waals surface area contributed by atoms with Crippen molar-refractivity contribution in [3.8, 4) is 11.5 Å². The maximum Gasteiger partial charge on any atom is 0.446 e. The van der Waals surface area contributed by atoms with Gasteiger partial charge in [-0.15, -0.1) is 0 Å². The lowest BCUT2D eigenvalue weighted by molar-refractivity contribution is 0.128. The van der Waals surface area contributed by atoms with Crippen molar-refractivity contribution in [2.45, 2.75) is 138 Å². The molecule has 0 fully saturated rings. The molecule has 0 radical (unpaired) electrons. The number of benzene rings is 1. The number of ether oxygens (including phenoxy) is 1. The Morgan fingerprint density at radius 3 is 1.55 bits per heavy atom. The van der Waals surface area contributed by atoms with E-state index in [4.69, 9.17) is 9.29 Å². The summed E-state index contributed by atoms with van der Waals surface area (Å²) in [5.74, 6) is 0.702. The van der Waals surface area contributed by atoms with Crippen molar-refractivity contribution < 1.29 is 21.9 Å². The lowest BCUT2D eigenvalue weighted by atomic mass is 9.94. The summed E-state index contributed by atoms with van der Waals surface area (Å²) >= 11 is 0. The number of hydrogen-bond donors (Lipinski definition) is 1. The third kappa shape index (κ3) is 18.1. The molecule has 1 aromatic carbocycles. The van der Waals surface area contributed by atoms with Gasteiger partial charge in [0.25, 0.3) is 0 Å². The minimum Gasteiger partial charge on any atom is -0.483 e. The molecule has 1 atom stereocenters. The molecule has 0 amide bonds. The van der Waals surface area contributed by atoms with Gasteiger partial charge in [-0.3, -0.25) is 4.55 Å². The van der Waals surface area contributed by atoms with Gasteiger partial charge in [-0.05, 0) is 157 Å². The van der Waals surface area contributed by atoms with E-state index in [2.05, 4.69) is 89.1 Å². The van der Waals surface area contributed by atoms with Crippen molar-refractivity contribution in [1.29, 1.82) is 0 Å². The highest BCUT2D eigenvalue weighted by molar-refractivity contribution is 7.81. The van der Waals surface area contributed by atoms with E-state index in [0.717, 1.165) is 70.6 Å². The molecule has 6 heteroatoms. The van der Waals surface area contributed by atoms with E-state index in [0.29, 0.717) is 11.3 Å². The van der Waals surface area contributed by atoms with Crippen molar-refractivity contribution >= 4 is 16.5 Å². The topological polar surface area (TPSA) is 72.8 Å².